The Morgan fingerprint density at radius 2 is 1.88 bits per heavy atom. The van der Waals surface area contributed by atoms with E-state index in [2.05, 4.69) is 22.5 Å². The molecular weight excluding hydrogens is 420 g/mol. The van der Waals surface area contributed by atoms with E-state index in [9.17, 15) is 9.59 Å². The maximum Gasteiger partial charge on any atom is 0.254 e. The van der Waals surface area contributed by atoms with Gasteiger partial charge in [-0.15, -0.1) is 0 Å². The Hall–Kier alpha value is -3.62. The first-order valence-corrected chi connectivity index (χ1v) is 11.1. The van der Waals surface area contributed by atoms with Crippen LogP contribution in [0.2, 0.25) is 0 Å². The molecule has 0 aliphatic heterocycles. The van der Waals surface area contributed by atoms with E-state index in [4.69, 9.17) is 16.0 Å². The van der Waals surface area contributed by atoms with E-state index in [0.29, 0.717) is 22.6 Å². The van der Waals surface area contributed by atoms with Gasteiger partial charge >= 0.3 is 0 Å². The average molecular weight is 449 g/mol. The van der Waals surface area contributed by atoms with E-state index < -0.39 is 5.91 Å². The fraction of sp³-hybridized carbons (Fsp3) is 0.417. The van der Waals surface area contributed by atoms with Crippen LogP contribution >= 0.6 is 0 Å². The third-order valence-electron chi connectivity index (χ3n) is 6.89. The zero-order chi connectivity index (χ0) is 23.5. The van der Waals surface area contributed by atoms with Crippen molar-refractivity contribution in [2.75, 3.05) is 11.1 Å². The SMILES string of the molecule is CC(C)n1nc(-c2ccc(CC(=O)Nc3cc(C45CC(C)(C4)C5)no3)cc2)c(C(N)=O)c1N. The maximum absolute atomic E-state index is 12.5. The number of anilines is 2. The second kappa shape index (κ2) is 7.19. The van der Waals surface area contributed by atoms with Crippen molar-refractivity contribution < 1.29 is 14.1 Å². The van der Waals surface area contributed by atoms with Gasteiger partial charge in [-0.25, -0.2) is 4.68 Å². The van der Waals surface area contributed by atoms with E-state index in [-0.39, 0.29) is 35.2 Å². The van der Waals surface area contributed by atoms with Gasteiger partial charge in [0.1, 0.15) is 17.1 Å². The average Bonchev–Trinajstić information content (AvgIpc) is 3.29. The number of nitrogen functional groups attached to an aromatic ring is 1. The number of nitrogens with zero attached hydrogens (tertiary/aromatic N) is 3. The van der Waals surface area contributed by atoms with Crippen molar-refractivity contribution in [3.8, 4) is 11.3 Å². The van der Waals surface area contributed by atoms with Crippen LogP contribution in [0, 0.1) is 5.41 Å². The Labute approximate surface area is 191 Å². The Morgan fingerprint density at radius 3 is 2.45 bits per heavy atom. The zero-order valence-corrected chi connectivity index (χ0v) is 19.0. The first-order chi connectivity index (χ1) is 15.6. The van der Waals surface area contributed by atoms with Crippen molar-refractivity contribution >= 4 is 23.5 Å². The highest BCUT2D eigenvalue weighted by Gasteiger charge is 2.66. The minimum absolute atomic E-state index is 0.0193. The molecule has 0 unspecified atom stereocenters. The minimum Gasteiger partial charge on any atom is -0.383 e. The molecule has 3 saturated carbocycles. The Balaban J connectivity index is 1.26. The number of carbonyl (C=O) groups excluding carboxylic acids is 2. The van der Waals surface area contributed by atoms with E-state index in [1.54, 1.807) is 16.8 Å². The van der Waals surface area contributed by atoms with Gasteiger partial charge < -0.3 is 16.0 Å². The molecule has 2 bridgehead atoms. The predicted molar refractivity (Wildman–Crippen MR) is 123 cm³/mol. The number of primary amides is 1. The third-order valence-corrected chi connectivity index (χ3v) is 6.89. The Morgan fingerprint density at radius 1 is 1.21 bits per heavy atom. The number of benzene rings is 1. The van der Waals surface area contributed by atoms with Crippen LogP contribution in [0.5, 0.6) is 0 Å². The molecule has 9 heteroatoms. The quantitative estimate of drug-likeness (QED) is 0.505. The van der Waals surface area contributed by atoms with Crippen LogP contribution in [-0.2, 0) is 16.6 Å². The molecule has 6 rings (SSSR count). The highest BCUT2D eigenvalue weighted by Crippen LogP contribution is 2.73. The van der Waals surface area contributed by atoms with Crippen molar-refractivity contribution in [2.45, 2.75) is 57.9 Å². The van der Waals surface area contributed by atoms with Crippen LogP contribution in [0.25, 0.3) is 11.3 Å². The number of aromatic nitrogens is 3. The van der Waals surface area contributed by atoms with Crippen LogP contribution in [0.1, 0.15) is 67.7 Å². The smallest absolute Gasteiger partial charge is 0.254 e. The van der Waals surface area contributed by atoms with Crippen molar-refractivity contribution in [1.82, 2.24) is 14.9 Å². The standard InChI is InChI=1S/C24H28N6O3/c1-13(2)30-21(25)19(22(26)32)20(28-30)15-6-4-14(5-7-15)8-17(31)27-18-9-16(29-33-18)24-10-23(3,11-24)12-24/h4-7,9,13H,8,10-12,25H2,1-3H3,(H2,26,32)(H,27,31). The van der Waals surface area contributed by atoms with Gasteiger partial charge in [-0.3, -0.25) is 14.9 Å². The molecule has 5 N–H and O–H groups in total. The van der Waals surface area contributed by atoms with Crippen LogP contribution in [0.15, 0.2) is 34.9 Å². The summed E-state index contributed by atoms with van der Waals surface area (Å²) in [5, 5.41) is 11.5. The molecule has 3 fully saturated rings. The van der Waals surface area contributed by atoms with Gasteiger partial charge in [0, 0.05) is 23.1 Å². The molecule has 1 aromatic carbocycles. The minimum atomic E-state index is -0.628. The summed E-state index contributed by atoms with van der Waals surface area (Å²) in [5.41, 5.74) is 15.4. The van der Waals surface area contributed by atoms with E-state index in [0.717, 1.165) is 30.5 Å². The van der Waals surface area contributed by atoms with Crippen molar-refractivity contribution in [2.24, 2.45) is 11.1 Å². The van der Waals surface area contributed by atoms with E-state index in [1.807, 2.05) is 32.0 Å². The van der Waals surface area contributed by atoms with Gasteiger partial charge in [-0.2, -0.15) is 5.10 Å². The monoisotopic (exact) mass is 448 g/mol. The number of hydrogen-bond donors (Lipinski definition) is 3. The molecule has 2 amide bonds. The summed E-state index contributed by atoms with van der Waals surface area (Å²) >= 11 is 0. The second-order valence-corrected chi connectivity index (χ2v) is 10.1. The van der Waals surface area contributed by atoms with E-state index >= 15 is 0 Å². The lowest BCUT2D eigenvalue weighted by molar-refractivity contribution is -0.129. The van der Waals surface area contributed by atoms with Crippen molar-refractivity contribution in [3.05, 3.63) is 47.2 Å². The lowest BCUT2D eigenvalue weighted by atomic mass is 9.35. The van der Waals surface area contributed by atoms with Gasteiger partial charge in [-0.05, 0) is 44.1 Å². The van der Waals surface area contributed by atoms with Gasteiger partial charge in [0.15, 0.2) is 0 Å². The predicted octanol–water partition coefficient (Wildman–Crippen LogP) is 3.42. The molecule has 3 aliphatic carbocycles. The molecule has 0 spiro atoms. The summed E-state index contributed by atoms with van der Waals surface area (Å²) in [4.78, 5) is 24.5. The van der Waals surface area contributed by atoms with Crippen LogP contribution in [0.3, 0.4) is 0 Å². The molecule has 0 atom stereocenters. The number of hydrogen-bond acceptors (Lipinski definition) is 6. The Bertz CT molecular complexity index is 1230. The normalized spacial score (nSPS) is 23.2. The second-order valence-electron chi connectivity index (χ2n) is 10.1. The number of carbonyl (C=O) groups is 2. The fourth-order valence-electron chi connectivity index (χ4n) is 5.58. The molecule has 3 aliphatic rings. The third kappa shape index (κ3) is 3.48. The largest absolute Gasteiger partial charge is 0.383 e. The number of amides is 2. The summed E-state index contributed by atoms with van der Waals surface area (Å²) < 4.78 is 6.93. The first-order valence-electron chi connectivity index (χ1n) is 11.1. The van der Waals surface area contributed by atoms with Gasteiger partial charge in [-0.1, -0.05) is 36.3 Å². The highest BCUT2D eigenvalue weighted by molar-refractivity contribution is 6.03. The lowest BCUT2D eigenvalue weighted by Gasteiger charge is -2.68. The Kier molecular flexibility index (Phi) is 4.63. The summed E-state index contributed by atoms with van der Waals surface area (Å²) in [6.07, 6.45) is 3.60. The summed E-state index contributed by atoms with van der Waals surface area (Å²) in [7, 11) is 0. The lowest BCUT2D eigenvalue weighted by Crippen LogP contribution is -2.62. The molecule has 0 saturated heterocycles. The van der Waals surface area contributed by atoms with Gasteiger partial charge in [0.25, 0.3) is 5.91 Å². The molecule has 9 nitrogen and oxygen atoms in total. The molecule has 2 heterocycles. The summed E-state index contributed by atoms with van der Waals surface area (Å²) in [6, 6.07) is 9.07. The van der Waals surface area contributed by atoms with Gasteiger partial charge in [0.2, 0.25) is 11.8 Å². The maximum atomic E-state index is 12.5. The van der Waals surface area contributed by atoms with Crippen LogP contribution in [-0.4, -0.2) is 26.8 Å². The highest BCUT2D eigenvalue weighted by atomic mass is 16.5. The molecular formula is C24H28N6O3. The molecule has 2 aromatic heterocycles. The molecule has 0 radical (unpaired) electrons. The molecule has 33 heavy (non-hydrogen) atoms. The molecule has 172 valence electrons. The first kappa shape index (κ1) is 21.2. The molecule has 3 aromatic rings. The number of nitrogens with two attached hydrogens (primary N) is 2. The van der Waals surface area contributed by atoms with Gasteiger partial charge in [0.05, 0.1) is 12.1 Å². The van der Waals surface area contributed by atoms with Crippen molar-refractivity contribution in [3.63, 3.8) is 0 Å². The summed E-state index contributed by atoms with van der Waals surface area (Å²) in [5.74, 6) is -0.198. The fourth-order valence-corrected chi connectivity index (χ4v) is 5.58. The summed E-state index contributed by atoms with van der Waals surface area (Å²) in [6.45, 7) is 6.14. The number of rotatable bonds is 7. The van der Waals surface area contributed by atoms with Crippen LogP contribution in [0.4, 0.5) is 11.7 Å². The topological polar surface area (TPSA) is 142 Å². The van der Waals surface area contributed by atoms with Crippen LogP contribution < -0.4 is 16.8 Å². The number of nitrogens with one attached hydrogen (secondary N) is 1. The van der Waals surface area contributed by atoms with E-state index in [1.165, 1.54) is 0 Å². The zero-order valence-electron chi connectivity index (χ0n) is 19.0. The van der Waals surface area contributed by atoms with Crippen molar-refractivity contribution in [1.29, 1.82) is 0 Å².